The lowest BCUT2D eigenvalue weighted by Crippen LogP contribution is -2.73. The second-order valence-electron chi connectivity index (χ2n) is 6.42. The molecule has 1 aliphatic rings. The van der Waals surface area contributed by atoms with Crippen molar-refractivity contribution >= 4 is 29.3 Å². The molecular weight excluding hydrogens is 306 g/mol. The van der Waals surface area contributed by atoms with E-state index in [9.17, 15) is 9.59 Å². The number of anilines is 1. The number of halogens is 1. The van der Waals surface area contributed by atoms with Gasteiger partial charge in [-0.15, -0.1) is 0 Å². The Hall–Kier alpha value is -1.95. The van der Waals surface area contributed by atoms with E-state index in [0.29, 0.717) is 10.7 Å². The molecule has 0 aromatic heterocycles. The fourth-order valence-corrected chi connectivity index (χ4v) is 2.39. The molecule has 0 atom stereocenters. The molecule has 0 radical (unpaired) electrons. The highest BCUT2D eigenvalue weighted by atomic mass is 35.5. The number of hydrogen-bond donors (Lipinski definition) is 2. The average Bonchev–Trinajstić information content (AvgIpc) is 2.30. The molecule has 3 N–H and O–H groups in total. The van der Waals surface area contributed by atoms with Crippen molar-refractivity contribution in [3.8, 4) is 0 Å². The van der Waals surface area contributed by atoms with E-state index >= 15 is 0 Å². The molecule has 22 heavy (non-hydrogen) atoms. The van der Waals surface area contributed by atoms with E-state index in [0.717, 1.165) is 0 Å². The monoisotopic (exact) mass is 325 g/mol. The van der Waals surface area contributed by atoms with Crippen molar-refractivity contribution in [3.05, 3.63) is 29.3 Å². The average molecular weight is 326 g/mol. The summed E-state index contributed by atoms with van der Waals surface area (Å²) >= 11 is 5.93. The van der Waals surface area contributed by atoms with Crippen LogP contribution in [0.3, 0.4) is 0 Å². The van der Waals surface area contributed by atoms with Gasteiger partial charge in [-0.05, 0) is 39.0 Å². The van der Waals surface area contributed by atoms with Crippen molar-refractivity contribution < 1.29 is 14.3 Å². The topological polar surface area (TPSA) is 84.7 Å². The summed E-state index contributed by atoms with van der Waals surface area (Å²) in [6, 6.07) is 6.98. The summed E-state index contributed by atoms with van der Waals surface area (Å²) in [5.74, 6) is -0.521. The number of primary amides is 1. The van der Waals surface area contributed by atoms with Crippen LogP contribution in [0.4, 0.5) is 10.5 Å². The van der Waals surface area contributed by atoms with Gasteiger partial charge in [0.25, 0.3) is 0 Å². The number of hydrogen-bond acceptors (Lipinski definition) is 4. The van der Waals surface area contributed by atoms with E-state index in [4.69, 9.17) is 22.1 Å². The molecule has 1 aromatic rings. The van der Waals surface area contributed by atoms with Gasteiger partial charge in [-0.3, -0.25) is 4.79 Å². The summed E-state index contributed by atoms with van der Waals surface area (Å²) < 4.78 is 5.27. The minimum Gasteiger partial charge on any atom is -0.444 e. The maximum atomic E-state index is 12.0. The second-order valence-corrected chi connectivity index (χ2v) is 6.85. The Labute approximate surface area is 134 Å². The largest absolute Gasteiger partial charge is 0.444 e. The molecule has 7 heteroatoms. The van der Waals surface area contributed by atoms with Crippen LogP contribution in [0.2, 0.25) is 5.02 Å². The van der Waals surface area contributed by atoms with Gasteiger partial charge in [-0.2, -0.15) is 0 Å². The first-order valence-corrected chi connectivity index (χ1v) is 7.31. The minimum absolute atomic E-state index is 0.157. The van der Waals surface area contributed by atoms with Gasteiger partial charge in [0.15, 0.2) is 5.54 Å². The molecule has 0 bridgehead atoms. The van der Waals surface area contributed by atoms with Gasteiger partial charge in [0.2, 0.25) is 5.91 Å². The van der Waals surface area contributed by atoms with E-state index in [1.54, 1.807) is 45.0 Å². The third-order valence-electron chi connectivity index (χ3n) is 3.25. The van der Waals surface area contributed by atoms with E-state index in [1.807, 2.05) is 0 Å². The third-order valence-corrected chi connectivity index (χ3v) is 3.49. The molecule has 120 valence electrons. The number of nitrogens with zero attached hydrogens (tertiary/aromatic N) is 1. The van der Waals surface area contributed by atoms with Crippen LogP contribution >= 0.6 is 11.6 Å². The molecule has 2 amide bonds. The summed E-state index contributed by atoms with van der Waals surface area (Å²) in [6.07, 6.45) is -0.461. The van der Waals surface area contributed by atoms with E-state index in [2.05, 4.69) is 5.32 Å². The molecule has 0 unspecified atom stereocenters. The number of rotatable bonds is 3. The van der Waals surface area contributed by atoms with Crippen molar-refractivity contribution in [3.63, 3.8) is 0 Å². The summed E-state index contributed by atoms with van der Waals surface area (Å²) in [5, 5.41) is 3.62. The predicted molar refractivity (Wildman–Crippen MR) is 84.8 cm³/mol. The van der Waals surface area contributed by atoms with Crippen molar-refractivity contribution in [1.29, 1.82) is 0 Å². The SMILES string of the molecule is CC(C)(C)OC(=O)N1CC(Nc2cccc(Cl)c2)(C(N)=O)C1. The Kier molecular flexibility index (Phi) is 4.24. The van der Waals surface area contributed by atoms with Gasteiger partial charge in [0.05, 0.1) is 13.1 Å². The number of benzene rings is 1. The van der Waals surface area contributed by atoms with E-state index in [-0.39, 0.29) is 13.1 Å². The highest BCUT2D eigenvalue weighted by molar-refractivity contribution is 6.30. The lowest BCUT2D eigenvalue weighted by molar-refractivity contribution is -0.127. The van der Waals surface area contributed by atoms with Crippen molar-refractivity contribution in [2.45, 2.75) is 31.9 Å². The zero-order chi connectivity index (χ0) is 16.5. The maximum Gasteiger partial charge on any atom is 0.410 e. The van der Waals surface area contributed by atoms with Gasteiger partial charge >= 0.3 is 6.09 Å². The van der Waals surface area contributed by atoms with E-state index in [1.165, 1.54) is 4.90 Å². The van der Waals surface area contributed by atoms with Crippen LogP contribution in [-0.4, -0.2) is 41.1 Å². The van der Waals surface area contributed by atoms with Crippen molar-refractivity contribution in [2.75, 3.05) is 18.4 Å². The second kappa shape index (κ2) is 5.68. The van der Waals surface area contributed by atoms with Crippen LogP contribution in [0.25, 0.3) is 0 Å². The van der Waals surface area contributed by atoms with Crippen LogP contribution in [-0.2, 0) is 9.53 Å². The molecule has 0 aliphatic carbocycles. The Morgan fingerprint density at radius 2 is 2.00 bits per heavy atom. The number of nitrogens with one attached hydrogen (secondary N) is 1. The number of carbonyl (C=O) groups excluding carboxylic acids is 2. The van der Waals surface area contributed by atoms with E-state index < -0.39 is 23.1 Å². The Bertz CT molecular complexity index is 592. The molecule has 1 heterocycles. The van der Waals surface area contributed by atoms with Gasteiger partial charge < -0.3 is 20.7 Å². The predicted octanol–water partition coefficient (Wildman–Crippen LogP) is 2.23. The zero-order valence-corrected chi connectivity index (χ0v) is 13.6. The molecule has 0 spiro atoms. The Morgan fingerprint density at radius 3 is 2.50 bits per heavy atom. The normalized spacial score (nSPS) is 16.6. The highest BCUT2D eigenvalue weighted by Gasteiger charge is 2.51. The number of amides is 2. The molecule has 6 nitrogen and oxygen atoms in total. The molecule has 0 saturated carbocycles. The number of nitrogens with two attached hydrogens (primary N) is 1. The quantitative estimate of drug-likeness (QED) is 0.892. The summed E-state index contributed by atoms with van der Waals surface area (Å²) in [5.41, 5.74) is 4.59. The standard InChI is InChI=1S/C15H20ClN3O3/c1-14(2,3)22-13(21)19-8-15(9-19,12(17)20)18-11-6-4-5-10(16)7-11/h4-7,18H,8-9H2,1-3H3,(H2,17,20). The molecule has 1 saturated heterocycles. The van der Waals surface area contributed by atoms with Gasteiger partial charge in [0, 0.05) is 10.7 Å². The fraction of sp³-hybridized carbons (Fsp3) is 0.467. The number of carbonyl (C=O) groups is 2. The fourth-order valence-electron chi connectivity index (χ4n) is 2.20. The first kappa shape index (κ1) is 16.4. The van der Waals surface area contributed by atoms with Crippen LogP contribution in [0, 0.1) is 0 Å². The zero-order valence-electron chi connectivity index (χ0n) is 12.9. The smallest absolute Gasteiger partial charge is 0.410 e. The Morgan fingerprint density at radius 1 is 1.36 bits per heavy atom. The maximum absolute atomic E-state index is 12.0. The van der Waals surface area contributed by atoms with Crippen LogP contribution in [0.1, 0.15) is 20.8 Å². The molecule has 1 aliphatic heterocycles. The highest BCUT2D eigenvalue weighted by Crippen LogP contribution is 2.28. The van der Waals surface area contributed by atoms with Crippen molar-refractivity contribution in [1.82, 2.24) is 4.90 Å². The van der Waals surface area contributed by atoms with Gasteiger partial charge in [-0.1, -0.05) is 17.7 Å². The molecule has 1 fully saturated rings. The summed E-state index contributed by atoms with van der Waals surface area (Å²) in [7, 11) is 0. The summed E-state index contributed by atoms with van der Waals surface area (Å²) in [6.45, 7) is 5.68. The van der Waals surface area contributed by atoms with Crippen LogP contribution in [0.15, 0.2) is 24.3 Å². The number of ether oxygens (including phenoxy) is 1. The van der Waals surface area contributed by atoms with Gasteiger partial charge in [-0.25, -0.2) is 4.79 Å². The molecular formula is C15H20ClN3O3. The third kappa shape index (κ3) is 3.62. The Balaban J connectivity index is 2.05. The van der Waals surface area contributed by atoms with Gasteiger partial charge in [0.1, 0.15) is 5.60 Å². The number of likely N-dealkylation sites (tertiary alicyclic amines) is 1. The minimum atomic E-state index is -0.998. The first-order chi connectivity index (χ1) is 10.1. The lowest BCUT2D eigenvalue weighted by Gasteiger charge is -2.48. The summed E-state index contributed by atoms with van der Waals surface area (Å²) in [4.78, 5) is 25.2. The van der Waals surface area contributed by atoms with Crippen molar-refractivity contribution in [2.24, 2.45) is 5.73 Å². The van der Waals surface area contributed by atoms with Crippen LogP contribution in [0.5, 0.6) is 0 Å². The first-order valence-electron chi connectivity index (χ1n) is 6.93. The molecule has 2 rings (SSSR count). The van der Waals surface area contributed by atoms with Crippen LogP contribution < -0.4 is 11.1 Å². The molecule has 1 aromatic carbocycles. The lowest BCUT2D eigenvalue weighted by atomic mass is 9.89.